The van der Waals surface area contributed by atoms with Gasteiger partial charge in [-0.2, -0.15) is 26.3 Å². The third-order valence-corrected chi connectivity index (χ3v) is 6.81. The fraction of sp³-hybridized carbons (Fsp3) is 0.462. The van der Waals surface area contributed by atoms with Gasteiger partial charge in [-0.25, -0.2) is 0 Å². The van der Waals surface area contributed by atoms with Gasteiger partial charge < -0.3 is 9.80 Å². The number of halogens is 6. The van der Waals surface area contributed by atoms with Gasteiger partial charge in [-0.3, -0.25) is 9.80 Å². The molecule has 2 heterocycles. The predicted octanol–water partition coefficient (Wildman–Crippen LogP) is 5.31. The summed E-state index contributed by atoms with van der Waals surface area (Å²) in [6, 6.07) is 10.2. The van der Waals surface area contributed by atoms with Crippen LogP contribution in [0.1, 0.15) is 16.7 Å². The minimum Gasteiger partial charge on any atom is -0.378 e. The Kier molecular flexibility index (Phi) is 7.56. The van der Waals surface area contributed by atoms with Gasteiger partial charge in [-0.1, -0.05) is 24.3 Å². The lowest BCUT2D eigenvalue weighted by molar-refractivity contribution is -0.143. The second kappa shape index (κ2) is 10.3. The van der Waals surface area contributed by atoms with E-state index in [9.17, 15) is 26.3 Å². The highest BCUT2D eigenvalue weighted by molar-refractivity contribution is 5.56. The SMILES string of the molecule is CN(C)c1ccc(/C=C/CN2CCN(C3CN(c4cc(C(F)(F)F)cc(C(F)(F)F)c4)C3)CC2)cc1. The highest BCUT2D eigenvalue weighted by Crippen LogP contribution is 2.39. The molecule has 0 spiro atoms. The smallest absolute Gasteiger partial charge is 0.378 e. The van der Waals surface area contributed by atoms with E-state index in [0.717, 1.165) is 56.1 Å². The fourth-order valence-electron chi connectivity index (χ4n) is 4.55. The van der Waals surface area contributed by atoms with Crippen molar-refractivity contribution in [3.05, 3.63) is 65.2 Å². The summed E-state index contributed by atoms with van der Waals surface area (Å²) in [5.74, 6) is 0. The molecule has 0 amide bonds. The highest BCUT2D eigenvalue weighted by atomic mass is 19.4. The average Bonchev–Trinajstić information content (AvgIpc) is 2.78. The molecule has 2 aromatic carbocycles. The van der Waals surface area contributed by atoms with Crippen molar-refractivity contribution in [1.82, 2.24) is 9.80 Å². The van der Waals surface area contributed by atoms with Gasteiger partial charge in [0, 0.05) is 77.3 Å². The van der Waals surface area contributed by atoms with E-state index in [1.165, 1.54) is 0 Å². The lowest BCUT2D eigenvalue weighted by atomic mass is 10.0. The number of benzene rings is 2. The first kappa shape index (κ1) is 26.3. The number of piperazine rings is 1. The molecular formula is C26H30F6N4. The molecule has 196 valence electrons. The minimum absolute atomic E-state index is 0.0317. The molecule has 2 fully saturated rings. The Bertz CT molecular complexity index is 1020. The zero-order valence-corrected chi connectivity index (χ0v) is 20.3. The molecule has 0 aliphatic carbocycles. The third-order valence-electron chi connectivity index (χ3n) is 6.81. The molecule has 2 saturated heterocycles. The summed E-state index contributed by atoms with van der Waals surface area (Å²) >= 11 is 0. The van der Waals surface area contributed by atoms with E-state index < -0.39 is 23.5 Å². The van der Waals surface area contributed by atoms with Crippen molar-refractivity contribution < 1.29 is 26.3 Å². The minimum atomic E-state index is -4.83. The Morgan fingerprint density at radius 2 is 1.39 bits per heavy atom. The zero-order valence-electron chi connectivity index (χ0n) is 20.3. The Labute approximate surface area is 207 Å². The van der Waals surface area contributed by atoms with E-state index in [4.69, 9.17) is 0 Å². The van der Waals surface area contributed by atoms with Crippen molar-refractivity contribution in [3.63, 3.8) is 0 Å². The van der Waals surface area contributed by atoms with Crippen molar-refractivity contribution in [2.24, 2.45) is 0 Å². The summed E-state index contributed by atoms with van der Waals surface area (Å²) in [5.41, 5.74) is -0.295. The van der Waals surface area contributed by atoms with Gasteiger partial charge >= 0.3 is 12.4 Å². The molecule has 0 bridgehead atoms. The largest absolute Gasteiger partial charge is 0.416 e. The van der Waals surface area contributed by atoms with E-state index in [0.29, 0.717) is 13.1 Å². The van der Waals surface area contributed by atoms with Crippen molar-refractivity contribution >= 4 is 17.5 Å². The second-order valence-electron chi connectivity index (χ2n) is 9.55. The van der Waals surface area contributed by atoms with Gasteiger partial charge in [0.1, 0.15) is 0 Å². The Morgan fingerprint density at radius 3 is 1.89 bits per heavy atom. The topological polar surface area (TPSA) is 13.0 Å². The van der Waals surface area contributed by atoms with Crippen LogP contribution in [-0.2, 0) is 12.4 Å². The van der Waals surface area contributed by atoms with E-state index in [-0.39, 0.29) is 17.8 Å². The normalized spacial score (nSPS) is 18.6. The van der Waals surface area contributed by atoms with Gasteiger partial charge in [0.2, 0.25) is 0 Å². The first-order valence-corrected chi connectivity index (χ1v) is 11.8. The molecule has 2 aromatic rings. The average molecular weight is 513 g/mol. The Hall–Kier alpha value is -2.72. The number of alkyl halides is 6. The third kappa shape index (κ3) is 6.34. The van der Waals surface area contributed by atoms with Crippen LogP contribution in [0, 0.1) is 0 Å². The quantitative estimate of drug-likeness (QED) is 0.487. The molecule has 0 aromatic heterocycles. The molecule has 4 nitrogen and oxygen atoms in total. The lowest BCUT2D eigenvalue weighted by Crippen LogP contribution is -2.63. The van der Waals surface area contributed by atoms with Gasteiger partial charge in [0.05, 0.1) is 11.1 Å². The molecule has 4 rings (SSSR count). The van der Waals surface area contributed by atoms with Gasteiger partial charge in [-0.15, -0.1) is 0 Å². The lowest BCUT2D eigenvalue weighted by Gasteiger charge is -2.49. The van der Waals surface area contributed by atoms with Gasteiger partial charge in [0.15, 0.2) is 0 Å². The maximum absolute atomic E-state index is 13.2. The summed E-state index contributed by atoms with van der Waals surface area (Å²) in [5, 5.41) is 0. The number of nitrogens with zero attached hydrogens (tertiary/aromatic N) is 4. The Balaban J connectivity index is 1.27. The van der Waals surface area contributed by atoms with Crippen LogP contribution in [-0.4, -0.2) is 75.8 Å². The summed E-state index contributed by atoms with van der Waals surface area (Å²) in [7, 11) is 4.00. The molecule has 0 radical (unpaired) electrons. The van der Waals surface area contributed by atoms with E-state index in [1.807, 2.05) is 19.0 Å². The first-order valence-electron chi connectivity index (χ1n) is 11.8. The number of rotatable bonds is 6. The van der Waals surface area contributed by atoms with Crippen LogP contribution in [0.15, 0.2) is 48.5 Å². The molecule has 0 unspecified atom stereocenters. The van der Waals surface area contributed by atoms with Crippen LogP contribution in [0.3, 0.4) is 0 Å². The summed E-state index contributed by atoms with van der Waals surface area (Å²) in [6.07, 6.45) is -5.43. The first-order chi connectivity index (χ1) is 16.9. The molecule has 10 heteroatoms. The zero-order chi connectivity index (χ0) is 26.1. The van der Waals surface area contributed by atoms with Crippen LogP contribution in [0.25, 0.3) is 6.08 Å². The van der Waals surface area contributed by atoms with Crippen LogP contribution < -0.4 is 9.80 Å². The maximum atomic E-state index is 13.2. The van der Waals surface area contributed by atoms with Gasteiger partial charge in [-0.05, 0) is 35.9 Å². The number of hydrogen-bond donors (Lipinski definition) is 0. The van der Waals surface area contributed by atoms with Crippen molar-refractivity contribution in [3.8, 4) is 0 Å². The van der Waals surface area contributed by atoms with E-state index in [1.54, 1.807) is 4.90 Å². The molecule has 0 N–H and O–H groups in total. The summed E-state index contributed by atoms with van der Waals surface area (Å²) in [6.45, 7) is 5.03. The van der Waals surface area contributed by atoms with Crippen LogP contribution in [0.2, 0.25) is 0 Å². The second-order valence-corrected chi connectivity index (χ2v) is 9.55. The van der Waals surface area contributed by atoms with Crippen molar-refractivity contribution in [1.29, 1.82) is 0 Å². The molecule has 2 aliphatic rings. The van der Waals surface area contributed by atoms with Crippen LogP contribution >= 0.6 is 0 Å². The van der Waals surface area contributed by atoms with Crippen molar-refractivity contribution in [2.45, 2.75) is 18.4 Å². The van der Waals surface area contributed by atoms with Gasteiger partial charge in [0.25, 0.3) is 0 Å². The summed E-state index contributed by atoms with van der Waals surface area (Å²) < 4.78 is 78.9. The molecule has 36 heavy (non-hydrogen) atoms. The number of anilines is 2. The predicted molar refractivity (Wildman–Crippen MR) is 130 cm³/mol. The highest BCUT2D eigenvalue weighted by Gasteiger charge is 2.39. The molecular weight excluding hydrogens is 482 g/mol. The fourth-order valence-corrected chi connectivity index (χ4v) is 4.55. The van der Waals surface area contributed by atoms with E-state index >= 15 is 0 Å². The molecule has 0 saturated carbocycles. The molecule has 0 atom stereocenters. The number of hydrogen-bond acceptors (Lipinski definition) is 4. The maximum Gasteiger partial charge on any atom is 0.416 e. The Morgan fingerprint density at radius 1 is 0.833 bits per heavy atom. The van der Waals surface area contributed by atoms with Crippen LogP contribution in [0.5, 0.6) is 0 Å². The van der Waals surface area contributed by atoms with Crippen molar-refractivity contribution in [2.75, 3.05) is 69.7 Å². The molecule has 2 aliphatic heterocycles. The summed E-state index contributed by atoms with van der Waals surface area (Å²) in [4.78, 5) is 8.24. The van der Waals surface area contributed by atoms with E-state index in [2.05, 4.69) is 46.2 Å². The standard InChI is InChI=1S/C26H30F6N4/c1-33(2)22-7-5-19(6-8-22)4-3-9-34-10-12-35(13-11-34)24-17-36(18-24)23-15-20(25(27,28)29)14-21(16-23)26(30,31)32/h3-8,14-16,24H,9-13,17-18H2,1-2H3/b4-3+. The monoisotopic (exact) mass is 512 g/mol. The van der Waals surface area contributed by atoms with Crippen LogP contribution in [0.4, 0.5) is 37.7 Å².